The van der Waals surface area contributed by atoms with Crippen LogP contribution in [-0.2, 0) is 0 Å². The summed E-state index contributed by atoms with van der Waals surface area (Å²) in [6, 6.07) is 6.21. The quantitative estimate of drug-likeness (QED) is 0.789. The van der Waals surface area contributed by atoms with Crippen molar-refractivity contribution < 1.29 is 0 Å². The summed E-state index contributed by atoms with van der Waals surface area (Å²) in [7, 11) is 0. The molecule has 0 aliphatic carbocycles. The van der Waals surface area contributed by atoms with Gasteiger partial charge in [-0.15, -0.1) is 0 Å². The summed E-state index contributed by atoms with van der Waals surface area (Å²) in [6.45, 7) is 4.39. The van der Waals surface area contributed by atoms with Crippen molar-refractivity contribution in [1.29, 1.82) is 0 Å². The van der Waals surface area contributed by atoms with Crippen LogP contribution in [0.3, 0.4) is 0 Å². The highest BCUT2D eigenvalue weighted by Crippen LogP contribution is 2.28. The van der Waals surface area contributed by atoms with Gasteiger partial charge in [0.1, 0.15) is 5.65 Å². The maximum atomic E-state index is 4.63. The van der Waals surface area contributed by atoms with Gasteiger partial charge in [-0.3, -0.25) is 0 Å². The summed E-state index contributed by atoms with van der Waals surface area (Å²) in [4.78, 5) is 4.63. The lowest BCUT2D eigenvalue weighted by Crippen LogP contribution is -2.27. The lowest BCUT2D eigenvalue weighted by atomic mass is 9.93. The van der Waals surface area contributed by atoms with E-state index >= 15 is 0 Å². The van der Waals surface area contributed by atoms with Gasteiger partial charge in [-0.2, -0.15) is 0 Å². The minimum Gasteiger partial charge on any atom is -0.317 e. The normalized spacial score (nSPS) is 18.1. The molecule has 1 N–H and O–H groups in total. The van der Waals surface area contributed by atoms with Crippen molar-refractivity contribution in [2.24, 2.45) is 0 Å². The van der Waals surface area contributed by atoms with Crippen LogP contribution in [0.2, 0.25) is 0 Å². The van der Waals surface area contributed by atoms with Crippen LogP contribution in [0.4, 0.5) is 0 Å². The number of pyridine rings is 1. The third-order valence-corrected chi connectivity index (χ3v) is 3.48. The molecule has 1 aliphatic rings. The molecule has 16 heavy (non-hydrogen) atoms. The van der Waals surface area contributed by atoms with Crippen LogP contribution >= 0.6 is 0 Å². The maximum absolute atomic E-state index is 4.63. The molecular weight excluding hydrogens is 198 g/mol. The van der Waals surface area contributed by atoms with Gasteiger partial charge in [-0.25, -0.2) is 4.98 Å². The topological polar surface area (TPSA) is 29.3 Å². The van der Waals surface area contributed by atoms with Crippen LogP contribution in [0.15, 0.2) is 24.4 Å². The monoisotopic (exact) mass is 215 g/mol. The Bertz CT molecular complexity index is 495. The van der Waals surface area contributed by atoms with Crippen molar-refractivity contribution in [3.05, 3.63) is 35.8 Å². The van der Waals surface area contributed by atoms with E-state index in [1.54, 1.807) is 0 Å². The fourth-order valence-corrected chi connectivity index (χ4v) is 2.72. The molecule has 3 nitrogen and oxygen atoms in total. The molecule has 0 unspecified atom stereocenters. The molecule has 1 fully saturated rings. The second-order valence-corrected chi connectivity index (χ2v) is 4.54. The molecule has 2 aromatic rings. The number of rotatable bonds is 1. The number of piperidine rings is 1. The molecule has 0 aromatic carbocycles. The average molecular weight is 215 g/mol. The Hall–Kier alpha value is -1.35. The van der Waals surface area contributed by atoms with Crippen LogP contribution in [0.5, 0.6) is 0 Å². The number of aromatic nitrogens is 2. The lowest BCUT2D eigenvalue weighted by molar-refractivity contribution is 0.450. The molecule has 3 heterocycles. The minimum atomic E-state index is 0.665. The minimum absolute atomic E-state index is 0.665. The molecule has 1 aliphatic heterocycles. The Morgan fingerprint density at radius 1 is 1.31 bits per heavy atom. The van der Waals surface area contributed by atoms with Gasteiger partial charge in [0.2, 0.25) is 0 Å². The van der Waals surface area contributed by atoms with E-state index in [2.05, 4.69) is 40.0 Å². The van der Waals surface area contributed by atoms with Gasteiger partial charge in [0.05, 0.1) is 5.69 Å². The van der Waals surface area contributed by atoms with E-state index in [4.69, 9.17) is 0 Å². The SMILES string of the molecule is Cc1nc2ccccn2c1C1CCNCC1. The molecule has 0 radical (unpaired) electrons. The van der Waals surface area contributed by atoms with E-state index in [1.807, 2.05) is 6.07 Å². The third-order valence-electron chi connectivity index (χ3n) is 3.48. The number of fused-ring (bicyclic) bond motifs is 1. The number of nitrogens with one attached hydrogen (secondary N) is 1. The molecule has 0 spiro atoms. The summed E-state index contributed by atoms with van der Waals surface area (Å²) in [5, 5.41) is 3.41. The zero-order chi connectivity index (χ0) is 11.0. The Balaban J connectivity index is 2.10. The number of hydrogen-bond donors (Lipinski definition) is 1. The van der Waals surface area contributed by atoms with Gasteiger partial charge in [-0.1, -0.05) is 6.07 Å². The van der Waals surface area contributed by atoms with Crippen LogP contribution in [0, 0.1) is 6.92 Å². The molecule has 0 bridgehead atoms. The highest BCUT2D eigenvalue weighted by molar-refractivity contribution is 5.43. The van der Waals surface area contributed by atoms with Crippen molar-refractivity contribution in [3.63, 3.8) is 0 Å². The molecule has 84 valence electrons. The van der Waals surface area contributed by atoms with Gasteiger partial charge in [0.15, 0.2) is 0 Å². The zero-order valence-electron chi connectivity index (χ0n) is 9.61. The second-order valence-electron chi connectivity index (χ2n) is 4.54. The van der Waals surface area contributed by atoms with Crippen LogP contribution in [0.25, 0.3) is 5.65 Å². The molecule has 3 heteroatoms. The van der Waals surface area contributed by atoms with E-state index in [1.165, 1.54) is 24.2 Å². The van der Waals surface area contributed by atoms with Gasteiger partial charge in [0.25, 0.3) is 0 Å². The Morgan fingerprint density at radius 2 is 2.12 bits per heavy atom. The third kappa shape index (κ3) is 1.52. The first-order chi connectivity index (χ1) is 7.86. The second kappa shape index (κ2) is 3.91. The van der Waals surface area contributed by atoms with Crippen LogP contribution < -0.4 is 5.32 Å². The standard InChI is InChI=1S/C13H17N3/c1-10-13(11-5-7-14-8-6-11)16-9-3-2-4-12(16)15-10/h2-4,9,11,14H,5-8H2,1H3. The molecule has 0 atom stereocenters. The van der Waals surface area contributed by atoms with Crippen molar-refractivity contribution in [2.75, 3.05) is 13.1 Å². The van der Waals surface area contributed by atoms with Crippen LogP contribution in [-0.4, -0.2) is 22.5 Å². The summed E-state index contributed by atoms with van der Waals surface area (Å²) in [5.74, 6) is 0.665. The number of imidazole rings is 1. The predicted octanol–water partition coefficient (Wildman–Crippen LogP) is 2.11. The van der Waals surface area contributed by atoms with Crippen LogP contribution in [0.1, 0.15) is 30.1 Å². The van der Waals surface area contributed by atoms with E-state index in [9.17, 15) is 0 Å². The van der Waals surface area contributed by atoms with Gasteiger partial charge >= 0.3 is 0 Å². The lowest BCUT2D eigenvalue weighted by Gasteiger charge is -2.23. The fraction of sp³-hybridized carbons (Fsp3) is 0.462. The van der Waals surface area contributed by atoms with Crippen molar-refractivity contribution in [2.45, 2.75) is 25.7 Å². The van der Waals surface area contributed by atoms with Gasteiger partial charge < -0.3 is 9.72 Å². The first kappa shape index (κ1) is 9.85. The smallest absolute Gasteiger partial charge is 0.137 e. The van der Waals surface area contributed by atoms with E-state index in [-0.39, 0.29) is 0 Å². The van der Waals surface area contributed by atoms with Crippen molar-refractivity contribution in [3.8, 4) is 0 Å². The number of hydrogen-bond acceptors (Lipinski definition) is 2. The summed E-state index contributed by atoms with van der Waals surface area (Å²) >= 11 is 0. The first-order valence-corrected chi connectivity index (χ1v) is 6.00. The number of nitrogens with zero attached hydrogens (tertiary/aromatic N) is 2. The molecule has 3 rings (SSSR count). The van der Waals surface area contributed by atoms with E-state index < -0.39 is 0 Å². The predicted molar refractivity (Wildman–Crippen MR) is 64.8 cm³/mol. The highest BCUT2D eigenvalue weighted by atomic mass is 15.0. The average Bonchev–Trinajstić information content (AvgIpc) is 2.66. The Morgan fingerprint density at radius 3 is 2.94 bits per heavy atom. The van der Waals surface area contributed by atoms with Crippen molar-refractivity contribution in [1.82, 2.24) is 14.7 Å². The van der Waals surface area contributed by atoms with Gasteiger partial charge in [0, 0.05) is 17.8 Å². The molecular formula is C13H17N3. The Kier molecular flexibility index (Phi) is 2.40. The largest absolute Gasteiger partial charge is 0.317 e. The number of aryl methyl sites for hydroxylation is 1. The Labute approximate surface area is 95.5 Å². The highest BCUT2D eigenvalue weighted by Gasteiger charge is 2.21. The van der Waals surface area contributed by atoms with Gasteiger partial charge in [-0.05, 0) is 45.0 Å². The van der Waals surface area contributed by atoms with E-state index in [0.29, 0.717) is 5.92 Å². The molecule has 0 amide bonds. The molecule has 2 aromatic heterocycles. The maximum Gasteiger partial charge on any atom is 0.137 e. The van der Waals surface area contributed by atoms with Crippen molar-refractivity contribution >= 4 is 5.65 Å². The summed E-state index contributed by atoms with van der Waals surface area (Å²) in [5.41, 5.74) is 3.68. The molecule has 0 saturated carbocycles. The zero-order valence-corrected chi connectivity index (χ0v) is 9.61. The first-order valence-electron chi connectivity index (χ1n) is 6.00. The summed E-state index contributed by atoms with van der Waals surface area (Å²) in [6.07, 6.45) is 4.58. The fourth-order valence-electron chi connectivity index (χ4n) is 2.72. The molecule has 1 saturated heterocycles. The van der Waals surface area contributed by atoms with E-state index in [0.717, 1.165) is 18.7 Å². The summed E-state index contributed by atoms with van der Waals surface area (Å²) < 4.78 is 2.26.